The molecule has 0 heterocycles. The van der Waals surface area contributed by atoms with E-state index in [9.17, 15) is 0 Å². The van der Waals surface area contributed by atoms with Crippen LogP contribution in [0.1, 0.15) is 20.8 Å². The van der Waals surface area contributed by atoms with Crippen molar-refractivity contribution in [2.24, 2.45) is 0 Å². The van der Waals surface area contributed by atoms with Crippen LogP contribution < -0.4 is 4.90 Å². The van der Waals surface area contributed by atoms with Crippen LogP contribution in [0.3, 0.4) is 0 Å². The third-order valence-electron chi connectivity index (χ3n) is 2.82. The van der Waals surface area contributed by atoms with Gasteiger partial charge in [0.2, 0.25) is 0 Å². The molecule has 0 atom stereocenters. The highest BCUT2D eigenvalue weighted by Crippen LogP contribution is 2.19. The Morgan fingerprint density at radius 3 is 2.00 bits per heavy atom. The van der Waals surface area contributed by atoms with Crippen LogP contribution in [0.25, 0.3) is 0 Å². The van der Waals surface area contributed by atoms with Crippen molar-refractivity contribution in [2.45, 2.75) is 20.8 Å². The molecular formula is C14H22N2. The molecule has 0 spiro atoms. The minimum absolute atomic E-state index is 0.944. The Kier molecular flexibility index (Phi) is 4.90. The van der Waals surface area contributed by atoms with E-state index < -0.39 is 0 Å². The molecule has 2 heteroatoms. The molecule has 0 bridgehead atoms. The van der Waals surface area contributed by atoms with Crippen LogP contribution in [0.2, 0.25) is 0 Å². The van der Waals surface area contributed by atoms with Crippen LogP contribution in [0, 0.1) is 0 Å². The lowest BCUT2D eigenvalue weighted by molar-refractivity contribution is 0.372. The first kappa shape index (κ1) is 12.6. The second-order valence-electron chi connectivity index (χ2n) is 3.67. The van der Waals surface area contributed by atoms with E-state index in [-0.39, 0.29) is 0 Å². The summed E-state index contributed by atoms with van der Waals surface area (Å²) in [4.78, 5) is 4.52. The Hall–Kier alpha value is -1.44. The second-order valence-corrected chi connectivity index (χ2v) is 3.67. The van der Waals surface area contributed by atoms with E-state index in [4.69, 9.17) is 0 Å². The lowest BCUT2D eigenvalue weighted by Gasteiger charge is -2.33. The van der Waals surface area contributed by atoms with Crippen molar-refractivity contribution in [2.75, 3.05) is 24.5 Å². The summed E-state index contributed by atoms with van der Waals surface area (Å²) >= 11 is 0. The number of benzene rings is 1. The number of para-hydroxylation sites is 1. The molecule has 0 saturated heterocycles. The van der Waals surface area contributed by atoms with E-state index in [1.165, 1.54) is 5.69 Å². The van der Waals surface area contributed by atoms with Gasteiger partial charge in [0, 0.05) is 25.3 Å². The fraction of sp³-hybridized carbons (Fsp3) is 0.429. The molecule has 1 aromatic rings. The van der Waals surface area contributed by atoms with Gasteiger partial charge < -0.3 is 9.80 Å². The van der Waals surface area contributed by atoms with Gasteiger partial charge in [-0.05, 0) is 32.9 Å². The lowest BCUT2D eigenvalue weighted by Crippen LogP contribution is -2.34. The maximum atomic E-state index is 4.20. The molecule has 0 aromatic heterocycles. The summed E-state index contributed by atoms with van der Waals surface area (Å²) in [5.74, 6) is 1.08. The van der Waals surface area contributed by atoms with Gasteiger partial charge in [0.1, 0.15) is 5.82 Å². The Morgan fingerprint density at radius 2 is 1.56 bits per heavy atom. The van der Waals surface area contributed by atoms with Crippen molar-refractivity contribution in [3.8, 4) is 0 Å². The Balaban J connectivity index is 2.86. The molecule has 88 valence electrons. The van der Waals surface area contributed by atoms with Crippen molar-refractivity contribution in [1.82, 2.24) is 4.90 Å². The highest BCUT2D eigenvalue weighted by molar-refractivity contribution is 5.50. The average Bonchev–Trinajstić information content (AvgIpc) is 2.33. The van der Waals surface area contributed by atoms with Crippen molar-refractivity contribution in [3.63, 3.8) is 0 Å². The van der Waals surface area contributed by atoms with Gasteiger partial charge in [-0.2, -0.15) is 0 Å². The van der Waals surface area contributed by atoms with Crippen molar-refractivity contribution in [1.29, 1.82) is 0 Å². The van der Waals surface area contributed by atoms with Crippen LogP contribution in [-0.2, 0) is 0 Å². The smallest absolute Gasteiger partial charge is 0.101 e. The van der Waals surface area contributed by atoms with Gasteiger partial charge in [0.05, 0.1) is 0 Å². The van der Waals surface area contributed by atoms with E-state index >= 15 is 0 Å². The predicted octanol–water partition coefficient (Wildman–Crippen LogP) is 3.33. The van der Waals surface area contributed by atoms with Crippen molar-refractivity contribution >= 4 is 5.69 Å². The molecule has 2 nitrogen and oxygen atoms in total. The summed E-state index contributed by atoms with van der Waals surface area (Å²) in [5.41, 5.74) is 1.21. The van der Waals surface area contributed by atoms with Crippen LogP contribution in [0.5, 0.6) is 0 Å². The molecule has 0 aliphatic heterocycles. The predicted molar refractivity (Wildman–Crippen MR) is 71.5 cm³/mol. The van der Waals surface area contributed by atoms with Gasteiger partial charge in [-0.15, -0.1) is 0 Å². The maximum Gasteiger partial charge on any atom is 0.101 e. The first-order valence-electron chi connectivity index (χ1n) is 6.01. The third-order valence-corrected chi connectivity index (χ3v) is 2.82. The molecule has 1 rings (SSSR count). The number of hydrogen-bond donors (Lipinski definition) is 0. The molecule has 0 amide bonds. The molecule has 0 aliphatic rings. The van der Waals surface area contributed by atoms with Crippen LogP contribution in [0.15, 0.2) is 42.7 Å². The standard InChI is InChI=1S/C14H22N2/c1-5-15(6-2)13(4)16(7-3)14-11-9-8-10-12-14/h8-12H,4-7H2,1-3H3. The van der Waals surface area contributed by atoms with Crippen LogP contribution in [0.4, 0.5) is 5.69 Å². The second kappa shape index (κ2) is 6.21. The molecule has 0 saturated carbocycles. The van der Waals surface area contributed by atoms with Gasteiger partial charge >= 0.3 is 0 Å². The van der Waals surface area contributed by atoms with Crippen molar-refractivity contribution in [3.05, 3.63) is 42.7 Å². The summed E-state index contributed by atoms with van der Waals surface area (Å²) in [6, 6.07) is 10.4. The molecule has 0 N–H and O–H groups in total. The van der Waals surface area contributed by atoms with Crippen molar-refractivity contribution < 1.29 is 0 Å². The molecule has 16 heavy (non-hydrogen) atoms. The molecule has 0 fully saturated rings. The van der Waals surface area contributed by atoms with E-state index in [0.29, 0.717) is 0 Å². The number of nitrogens with zero attached hydrogens (tertiary/aromatic N) is 2. The Morgan fingerprint density at radius 1 is 1.00 bits per heavy atom. The molecule has 0 unspecified atom stereocenters. The zero-order valence-corrected chi connectivity index (χ0v) is 10.6. The van der Waals surface area contributed by atoms with E-state index in [1.807, 2.05) is 6.07 Å². The number of anilines is 1. The molecule has 0 radical (unpaired) electrons. The SMILES string of the molecule is C=C(N(CC)CC)N(CC)c1ccccc1. The quantitative estimate of drug-likeness (QED) is 0.722. The minimum Gasteiger partial charge on any atom is -0.359 e. The zero-order valence-electron chi connectivity index (χ0n) is 10.6. The van der Waals surface area contributed by atoms with E-state index in [0.717, 1.165) is 25.5 Å². The first-order valence-corrected chi connectivity index (χ1v) is 6.01. The van der Waals surface area contributed by atoms with Crippen LogP contribution in [-0.4, -0.2) is 24.5 Å². The minimum atomic E-state index is 0.944. The fourth-order valence-electron chi connectivity index (χ4n) is 1.88. The summed E-state index contributed by atoms with van der Waals surface area (Å²) in [6.07, 6.45) is 0. The van der Waals surface area contributed by atoms with Gasteiger partial charge in [-0.25, -0.2) is 0 Å². The highest BCUT2D eigenvalue weighted by Gasteiger charge is 2.11. The summed E-state index contributed by atoms with van der Waals surface area (Å²) < 4.78 is 0. The summed E-state index contributed by atoms with van der Waals surface area (Å²) in [6.45, 7) is 13.6. The molecule has 1 aromatic carbocycles. The summed E-state index contributed by atoms with van der Waals surface area (Å²) in [5, 5.41) is 0. The van der Waals surface area contributed by atoms with Gasteiger partial charge in [0.25, 0.3) is 0 Å². The average molecular weight is 218 g/mol. The Bertz CT molecular complexity index is 315. The monoisotopic (exact) mass is 218 g/mol. The van der Waals surface area contributed by atoms with E-state index in [2.05, 4.69) is 61.4 Å². The largest absolute Gasteiger partial charge is 0.359 e. The number of rotatable bonds is 6. The topological polar surface area (TPSA) is 6.48 Å². The first-order chi connectivity index (χ1) is 7.74. The molecular weight excluding hydrogens is 196 g/mol. The van der Waals surface area contributed by atoms with Gasteiger partial charge in [0.15, 0.2) is 0 Å². The van der Waals surface area contributed by atoms with Crippen LogP contribution >= 0.6 is 0 Å². The van der Waals surface area contributed by atoms with Gasteiger partial charge in [-0.1, -0.05) is 24.8 Å². The fourth-order valence-corrected chi connectivity index (χ4v) is 1.88. The summed E-state index contributed by atoms with van der Waals surface area (Å²) in [7, 11) is 0. The lowest BCUT2D eigenvalue weighted by atomic mass is 10.3. The molecule has 0 aliphatic carbocycles. The highest BCUT2D eigenvalue weighted by atomic mass is 15.3. The number of hydrogen-bond acceptors (Lipinski definition) is 2. The third kappa shape index (κ3) is 2.78. The van der Waals surface area contributed by atoms with Gasteiger partial charge in [-0.3, -0.25) is 0 Å². The Labute approximate surface area is 99.2 Å². The zero-order chi connectivity index (χ0) is 12.0. The van der Waals surface area contributed by atoms with E-state index in [1.54, 1.807) is 0 Å². The normalized spacial score (nSPS) is 9.94. The maximum absolute atomic E-state index is 4.20.